The van der Waals surface area contributed by atoms with Crippen LogP contribution in [0, 0.1) is 5.41 Å². The third-order valence-corrected chi connectivity index (χ3v) is 8.48. The van der Waals surface area contributed by atoms with Crippen LogP contribution in [-0.4, -0.2) is 15.2 Å². The van der Waals surface area contributed by atoms with Gasteiger partial charge >= 0.3 is 6.18 Å². The Labute approximate surface area is 199 Å². The molecule has 1 heterocycles. The molecule has 1 spiro atoms. The predicted molar refractivity (Wildman–Crippen MR) is 125 cm³/mol. The minimum Gasteiger partial charge on any atom is -0.388 e. The van der Waals surface area contributed by atoms with Gasteiger partial charge < -0.3 is 10.2 Å². The lowest BCUT2D eigenvalue weighted by molar-refractivity contribution is -0.137. The van der Waals surface area contributed by atoms with Crippen molar-refractivity contribution in [1.29, 1.82) is 0 Å². The molecule has 0 amide bonds. The zero-order valence-corrected chi connectivity index (χ0v) is 20.0. The zero-order valence-electron chi connectivity index (χ0n) is 20.0. The van der Waals surface area contributed by atoms with Gasteiger partial charge in [0.25, 0.3) is 0 Å². The molecule has 2 atom stereocenters. The van der Waals surface area contributed by atoms with Gasteiger partial charge in [0.15, 0.2) is 0 Å². The van der Waals surface area contributed by atoms with Crippen molar-refractivity contribution in [2.45, 2.75) is 102 Å². The van der Waals surface area contributed by atoms with Crippen LogP contribution < -0.4 is 0 Å². The van der Waals surface area contributed by atoms with Gasteiger partial charge in [-0.25, -0.2) is 0 Å². The first kappa shape index (κ1) is 23.8. The van der Waals surface area contributed by atoms with Gasteiger partial charge in [-0.2, -0.15) is 13.2 Å². The molecule has 3 nitrogen and oxygen atoms in total. The Morgan fingerprint density at radius 1 is 1.00 bits per heavy atom. The molecule has 2 saturated carbocycles. The van der Waals surface area contributed by atoms with E-state index >= 15 is 0 Å². The first-order chi connectivity index (χ1) is 16.1. The Morgan fingerprint density at radius 2 is 1.65 bits per heavy atom. The summed E-state index contributed by atoms with van der Waals surface area (Å²) in [7, 11) is 0. The molecule has 2 N–H and O–H groups in total. The van der Waals surface area contributed by atoms with E-state index in [4.69, 9.17) is 4.98 Å². The third-order valence-electron chi connectivity index (χ3n) is 8.48. The molecular formula is C28H34F3NO2. The number of fused-ring (bicyclic) bond motifs is 1. The Hall–Kier alpha value is -1.92. The van der Waals surface area contributed by atoms with Gasteiger partial charge in [0.05, 0.1) is 11.7 Å². The van der Waals surface area contributed by atoms with Crippen LogP contribution in [0.4, 0.5) is 13.2 Å². The lowest BCUT2D eigenvalue weighted by Crippen LogP contribution is -2.39. The fourth-order valence-electron chi connectivity index (χ4n) is 6.61. The molecule has 0 radical (unpaired) electrons. The molecule has 1 aromatic heterocycles. The summed E-state index contributed by atoms with van der Waals surface area (Å²) in [5.41, 5.74) is 4.28. The highest BCUT2D eigenvalue weighted by molar-refractivity contribution is 5.51. The summed E-state index contributed by atoms with van der Waals surface area (Å²) >= 11 is 0. The van der Waals surface area contributed by atoms with Crippen LogP contribution in [-0.2, 0) is 12.6 Å². The standard InChI is InChI=1S/C28H34F3NO2/c1-16(2)25-24(26(34)18-8-10-19(11-9-18)28(29,30)31)22(17-6-3-4-7-17)23-20(32-25)14-27(12-5-13-27)15-21(23)33/h8-11,16-17,21,26,33-34H,3-7,12-15H2,1-2H3/t21-,26-/m0/s1. The molecule has 184 valence electrons. The molecule has 5 rings (SSSR count). The van der Waals surface area contributed by atoms with E-state index in [0.717, 1.165) is 86.0 Å². The predicted octanol–water partition coefficient (Wildman–Crippen LogP) is 7.11. The molecule has 2 fully saturated rings. The van der Waals surface area contributed by atoms with Gasteiger partial charge in [-0.1, -0.05) is 45.2 Å². The fraction of sp³-hybridized carbons (Fsp3) is 0.607. The second kappa shape index (κ2) is 8.63. The number of benzene rings is 1. The third kappa shape index (κ3) is 4.07. The molecule has 3 aliphatic carbocycles. The summed E-state index contributed by atoms with van der Waals surface area (Å²) in [4.78, 5) is 5.08. The second-order valence-corrected chi connectivity index (χ2v) is 11.1. The summed E-state index contributed by atoms with van der Waals surface area (Å²) in [6, 6.07) is 4.80. The average Bonchev–Trinajstić information content (AvgIpc) is 3.30. The highest BCUT2D eigenvalue weighted by atomic mass is 19.4. The van der Waals surface area contributed by atoms with E-state index in [2.05, 4.69) is 13.8 Å². The van der Waals surface area contributed by atoms with Crippen molar-refractivity contribution in [1.82, 2.24) is 4.98 Å². The molecular weight excluding hydrogens is 439 g/mol. The minimum absolute atomic E-state index is 0.0426. The largest absolute Gasteiger partial charge is 0.416 e. The number of hydrogen-bond acceptors (Lipinski definition) is 3. The van der Waals surface area contributed by atoms with Gasteiger partial charge in [0.2, 0.25) is 0 Å². The van der Waals surface area contributed by atoms with E-state index in [1.807, 2.05) is 0 Å². The van der Waals surface area contributed by atoms with E-state index in [1.165, 1.54) is 18.6 Å². The molecule has 0 unspecified atom stereocenters. The van der Waals surface area contributed by atoms with Crippen LogP contribution in [0.5, 0.6) is 0 Å². The summed E-state index contributed by atoms with van der Waals surface area (Å²) in [6.45, 7) is 4.10. The number of halogens is 3. The molecule has 3 aliphatic rings. The van der Waals surface area contributed by atoms with Crippen LogP contribution >= 0.6 is 0 Å². The highest BCUT2D eigenvalue weighted by Gasteiger charge is 2.46. The number of aliphatic hydroxyl groups is 2. The number of aliphatic hydroxyl groups excluding tert-OH is 2. The molecule has 2 aromatic rings. The maximum Gasteiger partial charge on any atom is 0.416 e. The Morgan fingerprint density at radius 3 is 2.18 bits per heavy atom. The smallest absolute Gasteiger partial charge is 0.388 e. The SMILES string of the molecule is CC(C)c1nc2c(c(C3CCCC3)c1[C@@H](O)c1ccc(C(F)(F)F)cc1)[C@@H](O)CC1(CCC1)C2. The minimum atomic E-state index is -4.42. The van der Waals surface area contributed by atoms with Gasteiger partial charge in [-0.05, 0) is 79.0 Å². The molecule has 1 aromatic carbocycles. The van der Waals surface area contributed by atoms with Crippen molar-refractivity contribution < 1.29 is 23.4 Å². The van der Waals surface area contributed by atoms with Crippen LogP contribution in [0.3, 0.4) is 0 Å². The number of hydrogen-bond donors (Lipinski definition) is 2. The molecule has 6 heteroatoms. The molecule has 34 heavy (non-hydrogen) atoms. The van der Waals surface area contributed by atoms with Crippen molar-refractivity contribution >= 4 is 0 Å². The lowest BCUT2D eigenvalue weighted by atomic mass is 9.59. The van der Waals surface area contributed by atoms with Gasteiger partial charge in [0, 0.05) is 22.5 Å². The fourth-order valence-corrected chi connectivity index (χ4v) is 6.61. The van der Waals surface area contributed by atoms with Crippen LogP contribution in [0.25, 0.3) is 0 Å². The van der Waals surface area contributed by atoms with Gasteiger partial charge in [0.1, 0.15) is 6.10 Å². The Balaban J connectivity index is 1.67. The van der Waals surface area contributed by atoms with Gasteiger partial charge in [-0.3, -0.25) is 4.98 Å². The molecule has 0 bridgehead atoms. The van der Waals surface area contributed by atoms with E-state index in [1.54, 1.807) is 0 Å². The number of pyridine rings is 1. The summed E-state index contributed by atoms with van der Waals surface area (Å²) in [6.07, 6.45) is 3.14. The summed E-state index contributed by atoms with van der Waals surface area (Å²) in [5, 5.41) is 23.0. The average molecular weight is 474 g/mol. The van der Waals surface area contributed by atoms with Crippen molar-refractivity contribution in [3.63, 3.8) is 0 Å². The quantitative estimate of drug-likeness (QED) is 0.497. The number of aromatic nitrogens is 1. The van der Waals surface area contributed by atoms with E-state index < -0.39 is 23.9 Å². The molecule has 0 saturated heterocycles. The lowest BCUT2D eigenvalue weighted by Gasteiger charge is -2.48. The monoisotopic (exact) mass is 473 g/mol. The van der Waals surface area contributed by atoms with Crippen molar-refractivity contribution in [3.05, 3.63) is 63.5 Å². The van der Waals surface area contributed by atoms with Crippen molar-refractivity contribution in [2.75, 3.05) is 0 Å². The second-order valence-electron chi connectivity index (χ2n) is 11.1. The van der Waals surface area contributed by atoms with Crippen molar-refractivity contribution in [3.8, 4) is 0 Å². The van der Waals surface area contributed by atoms with E-state index in [-0.39, 0.29) is 17.3 Å². The highest BCUT2D eigenvalue weighted by Crippen LogP contribution is 2.56. The Bertz CT molecular complexity index is 1050. The first-order valence-corrected chi connectivity index (χ1v) is 12.7. The van der Waals surface area contributed by atoms with Gasteiger partial charge in [-0.15, -0.1) is 0 Å². The number of alkyl halides is 3. The van der Waals surface area contributed by atoms with Crippen LogP contribution in [0.1, 0.15) is 128 Å². The first-order valence-electron chi connectivity index (χ1n) is 12.7. The van der Waals surface area contributed by atoms with E-state index in [0.29, 0.717) is 11.1 Å². The molecule has 0 aliphatic heterocycles. The van der Waals surface area contributed by atoms with Crippen LogP contribution in [0.2, 0.25) is 0 Å². The van der Waals surface area contributed by atoms with E-state index in [9.17, 15) is 23.4 Å². The summed E-state index contributed by atoms with van der Waals surface area (Å²) in [5.74, 6) is 0.277. The number of rotatable bonds is 4. The normalized spacial score (nSPS) is 23.2. The van der Waals surface area contributed by atoms with Crippen molar-refractivity contribution in [2.24, 2.45) is 5.41 Å². The zero-order chi connectivity index (χ0) is 24.3. The maximum atomic E-state index is 13.1. The summed E-state index contributed by atoms with van der Waals surface area (Å²) < 4.78 is 39.3. The van der Waals surface area contributed by atoms with Crippen LogP contribution in [0.15, 0.2) is 24.3 Å². The topological polar surface area (TPSA) is 53.4 Å². The maximum absolute atomic E-state index is 13.1. The Kier molecular flexibility index (Phi) is 6.04. The number of nitrogens with zero attached hydrogens (tertiary/aromatic N) is 1.